The Balaban J connectivity index is 2.38. The Bertz CT molecular complexity index is 201. The molecule has 2 N–H and O–H groups in total. The summed E-state index contributed by atoms with van der Waals surface area (Å²) in [7, 11) is 1.68. The van der Waals surface area contributed by atoms with Crippen LogP contribution in [0, 0.1) is 5.41 Å². The highest BCUT2D eigenvalue weighted by Gasteiger charge is 2.31. The van der Waals surface area contributed by atoms with Crippen molar-refractivity contribution < 1.29 is 4.79 Å². The molecule has 1 amide bonds. The number of likely N-dealkylation sites (N-methyl/N-ethyl adjacent to an activating group) is 1. The molecule has 3 heteroatoms. The Hall–Kier alpha value is -0.570. The molecule has 14 heavy (non-hydrogen) atoms. The summed E-state index contributed by atoms with van der Waals surface area (Å²) >= 11 is 0. The topological polar surface area (TPSA) is 41.1 Å². The van der Waals surface area contributed by atoms with Gasteiger partial charge in [-0.1, -0.05) is 26.7 Å². The number of hydrogen-bond donors (Lipinski definition) is 2. The zero-order valence-corrected chi connectivity index (χ0v) is 9.52. The summed E-state index contributed by atoms with van der Waals surface area (Å²) in [5.41, 5.74) is 0.340. The molecule has 1 rings (SSSR count). The molecule has 0 aromatic rings. The summed E-state index contributed by atoms with van der Waals surface area (Å²) in [6.45, 7) is 5.02. The van der Waals surface area contributed by atoms with Crippen LogP contribution >= 0.6 is 0 Å². The molecule has 1 saturated carbocycles. The third kappa shape index (κ3) is 2.98. The van der Waals surface area contributed by atoms with Crippen molar-refractivity contribution in [2.75, 3.05) is 13.6 Å². The van der Waals surface area contributed by atoms with E-state index in [1.807, 2.05) is 0 Å². The lowest BCUT2D eigenvalue weighted by Gasteiger charge is -2.39. The fourth-order valence-corrected chi connectivity index (χ4v) is 2.18. The number of carbonyl (C=O) groups is 1. The minimum absolute atomic E-state index is 0.0753. The lowest BCUT2D eigenvalue weighted by molar-refractivity contribution is -0.120. The molecule has 1 aliphatic rings. The number of hydrogen-bond acceptors (Lipinski definition) is 2. The Morgan fingerprint density at radius 2 is 2.14 bits per heavy atom. The summed E-state index contributed by atoms with van der Waals surface area (Å²) in [6.07, 6.45) is 5.07. The van der Waals surface area contributed by atoms with Crippen LogP contribution in [0.4, 0.5) is 0 Å². The van der Waals surface area contributed by atoms with Gasteiger partial charge in [0, 0.05) is 13.1 Å². The number of nitrogens with one attached hydrogen (secondary N) is 2. The predicted octanol–water partition coefficient (Wildman–Crippen LogP) is 1.29. The van der Waals surface area contributed by atoms with Crippen LogP contribution in [0.25, 0.3) is 0 Å². The van der Waals surface area contributed by atoms with E-state index in [1.54, 1.807) is 7.05 Å². The molecule has 0 bridgehead atoms. The maximum Gasteiger partial charge on any atom is 0.233 e. The van der Waals surface area contributed by atoms with Crippen LogP contribution in [-0.4, -0.2) is 25.5 Å². The van der Waals surface area contributed by atoms with Crippen molar-refractivity contribution in [2.24, 2.45) is 5.41 Å². The number of rotatable bonds is 3. The average molecular weight is 198 g/mol. The van der Waals surface area contributed by atoms with E-state index in [4.69, 9.17) is 0 Å². The molecule has 1 unspecified atom stereocenters. The lowest BCUT2D eigenvalue weighted by atomic mass is 9.73. The quantitative estimate of drug-likeness (QED) is 0.717. The molecule has 0 radical (unpaired) electrons. The Kier molecular flexibility index (Phi) is 3.93. The lowest BCUT2D eigenvalue weighted by Crippen LogP contribution is -2.47. The van der Waals surface area contributed by atoms with Crippen LogP contribution < -0.4 is 10.6 Å². The third-order valence-electron chi connectivity index (χ3n) is 3.30. The second-order valence-electron chi connectivity index (χ2n) is 4.84. The van der Waals surface area contributed by atoms with Gasteiger partial charge in [0.05, 0.1) is 6.54 Å². The highest BCUT2D eigenvalue weighted by molar-refractivity contribution is 5.77. The van der Waals surface area contributed by atoms with Crippen LogP contribution in [0.1, 0.15) is 39.5 Å². The largest absolute Gasteiger partial charge is 0.358 e. The standard InChI is InChI=1S/C11H22N2O/c1-11(2)7-5-4-6-9(11)13-8-10(14)12-3/h9,13H,4-8H2,1-3H3,(H,12,14). The monoisotopic (exact) mass is 198 g/mol. The fraction of sp³-hybridized carbons (Fsp3) is 0.909. The maximum absolute atomic E-state index is 11.1. The smallest absolute Gasteiger partial charge is 0.233 e. The zero-order valence-electron chi connectivity index (χ0n) is 9.52. The predicted molar refractivity (Wildman–Crippen MR) is 58.1 cm³/mol. The third-order valence-corrected chi connectivity index (χ3v) is 3.30. The van der Waals surface area contributed by atoms with Crippen LogP contribution in [0.2, 0.25) is 0 Å². The van der Waals surface area contributed by atoms with Gasteiger partial charge in [-0.05, 0) is 18.3 Å². The summed E-state index contributed by atoms with van der Waals surface area (Å²) < 4.78 is 0. The first-order chi connectivity index (χ1) is 6.56. The first-order valence-electron chi connectivity index (χ1n) is 5.50. The van der Waals surface area contributed by atoms with Crippen LogP contribution in [0.3, 0.4) is 0 Å². The van der Waals surface area contributed by atoms with E-state index >= 15 is 0 Å². The Morgan fingerprint density at radius 3 is 2.71 bits per heavy atom. The van der Waals surface area contributed by atoms with E-state index in [2.05, 4.69) is 24.5 Å². The molecule has 1 fully saturated rings. The van der Waals surface area contributed by atoms with Gasteiger partial charge >= 0.3 is 0 Å². The fourth-order valence-electron chi connectivity index (χ4n) is 2.18. The van der Waals surface area contributed by atoms with Gasteiger partial charge in [0.15, 0.2) is 0 Å². The molecule has 0 aromatic heterocycles. The van der Waals surface area contributed by atoms with E-state index in [9.17, 15) is 4.79 Å². The van der Waals surface area contributed by atoms with Gasteiger partial charge in [-0.2, -0.15) is 0 Å². The van der Waals surface area contributed by atoms with Crippen LogP contribution in [0.5, 0.6) is 0 Å². The summed E-state index contributed by atoms with van der Waals surface area (Å²) in [5.74, 6) is 0.0753. The number of amides is 1. The van der Waals surface area contributed by atoms with Gasteiger partial charge in [0.2, 0.25) is 5.91 Å². The van der Waals surface area contributed by atoms with Gasteiger partial charge in [-0.15, -0.1) is 0 Å². The van der Waals surface area contributed by atoms with E-state index in [-0.39, 0.29) is 5.91 Å². The molecule has 0 spiro atoms. The van der Waals surface area contributed by atoms with Gasteiger partial charge in [0.25, 0.3) is 0 Å². The van der Waals surface area contributed by atoms with Gasteiger partial charge in [-0.3, -0.25) is 4.79 Å². The summed E-state index contributed by atoms with van der Waals surface area (Å²) in [5, 5.41) is 5.98. The average Bonchev–Trinajstić information content (AvgIpc) is 2.15. The molecule has 1 atom stereocenters. The number of carbonyl (C=O) groups excluding carboxylic acids is 1. The normalized spacial score (nSPS) is 25.8. The summed E-state index contributed by atoms with van der Waals surface area (Å²) in [6, 6.07) is 0.494. The van der Waals surface area contributed by atoms with E-state index < -0.39 is 0 Å². The molecule has 0 saturated heterocycles. The zero-order chi connectivity index (χ0) is 10.6. The first kappa shape index (κ1) is 11.5. The van der Waals surface area contributed by atoms with Crippen molar-refractivity contribution in [3.63, 3.8) is 0 Å². The van der Waals surface area contributed by atoms with Gasteiger partial charge in [0.1, 0.15) is 0 Å². The SMILES string of the molecule is CNC(=O)CNC1CCCCC1(C)C. The molecule has 0 aromatic carbocycles. The minimum atomic E-state index is 0.0753. The summed E-state index contributed by atoms with van der Waals surface area (Å²) in [4.78, 5) is 11.1. The van der Waals surface area contributed by atoms with Crippen molar-refractivity contribution >= 4 is 5.91 Å². The molecular weight excluding hydrogens is 176 g/mol. The van der Waals surface area contributed by atoms with Crippen molar-refractivity contribution in [2.45, 2.75) is 45.6 Å². The Morgan fingerprint density at radius 1 is 1.43 bits per heavy atom. The highest BCUT2D eigenvalue weighted by atomic mass is 16.1. The van der Waals surface area contributed by atoms with Crippen molar-refractivity contribution in [3.8, 4) is 0 Å². The second kappa shape index (κ2) is 4.78. The van der Waals surface area contributed by atoms with E-state index in [0.29, 0.717) is 18.0 Å². The molecule has 0 aliphatic heterocycles. The van der Waals surface area contributed by atoms with Crippen molar-refractivity contribution in [3.05, 3.63) is 0 Å². The molecular formula is C11H22N2O. The van der Waals surface area contributed by atoms with Crippen molar-refractivity contribution in [1.82, 2.24) is 10.6 Å². The van der Waals surface area contributed by atoms with Gasteiger partial charge in [-0.25, -0.2) is 0 Å². The minimum Gasteiger partial charge on any atom is -0.358 e. The molecule has 1 aliphatic carbocycles. The van der Waals surface area contributed by atoms with Crippen molar-refractivity contribution in [1.29, 1.82) is 0 Å². The highest BCUT2D eigenvalue weighted by Crippen LogP contribution is 2.35. The second-order valence-corrected chi connectivity index (χ2v) is 4.84. The molecule has 82 valence electrons. The van der Waals surface area contributed by atoms with Crippen LogP contribution in [0.15, 0.2) is 0 Å². The first-order valence-corrected chi connectivity index (χ1v) is 5.50. The molecule has 3 nitrogen and oxygen atoms in total. The van der Waals surface area contributed by atoms with E-state index in [1.165, 1.54) is 25.7 Å². The van der Waals surface area contributed by atoms with Gasteiger partial charge < -0.3 is 10.6 Å². The van der Waals surface area contributed by atoms with Crippen LogP contribution in [-0.2, 0) is 4.79 Å². The van der Waals surface area contributed by atoms with E-state index in [0.717, 1.165) is 0 Å². The maximum atomic E-state index is 11.1. The molecule has 0 heterocycles. The Labute approximate surface area is 86.6 Å².